The summed E-state index contributed by atoms with van der Waals surface area (Å²) >= 11 is 3.62. The summed E-state index contributed by atoms with van der Waals surface area (Å²) in [7, 11) is 0. The Hall–Kier alpha value is -0.00662. The van der Waals surface area contributed by atoms with E-state index in [1.807, 2.05) is 0 Å². The van der Waals surface area contributed by atoms with Crippen LogP contribution in [0, 0.1) is 23.2 Å². The molecule has 0 amide bonds. The second-order valence-corrected chi connectivity index (χ2v) is 1.52. The number of nitrogens with zero attached hydrogens (tertiary/aromatic N) is 1. The zero-order valence-electron chi connectivity index (χ0n) is 5.64. The fourth-order valence-corrected chi connectivity index (χ4v) is 0.501. The summed E-state index contributed by atoms with van der Waals surface area (Å²) in [5, 5.41) is 8.21. The Balaban J connectivity index is 0.000000461. The van der Waals surface area contributed by atoms with Gasteiger partial charge in [0.1, 0.15) is 0 Å². The van der Waals surface area contributed by atoms with Crippen LogP contribution in [-0.2, 0) is 14.8 Å². The number of halogens is 2. The fraction of sp³-hybridized carbons (Fsp3) is 0. The molecular weight excluding hydrogens is 309 g/mol. The van der Waals surface area contributed by atoms with Crippen LogP contribution in [0.3, 0.4) is 0 Å². The molecule has 1 nitrogen and oxygen atoms in total. The van der Waals surface area contributed by atoms with Crippen LogP contribution in [0.4, 0.5) is 4.39 Å². The van der Waals surface area contributed by atoms with Crippen LogP contribution in [0.15, 0.2) is 18.2 Å². The molecule has 11 heavy (non-hydrogen) atoms. The number of benzene rings is 1. The summed E-state index contributed by atoms with van der Waals surface area (Å²) in [5.41, 5.74) is 0.0637. The molecule has 1 aromatic carbocycles. The molecule has 0 fully saturated rings. The fourth-order valence-electron chi connectivity index (χ4n) is 0.501. The van der Waals surface area contributed by atoms with Crippen LogP contribution in [0.5, 0.6) is 0 Å². The van der Waals surface area contributed by atoms with Crippen LogP contribution in [-0.4, -0.2) is 0 Å². The first kappa shape index (κ1) is 11.0. The summed E-state index contributed by atoms with van der Waals surface area (Å²) in [4.78, 5) is 0. The standard InChI is InChI=1S/C7H3FN.HI.Zn/c8-7-4-2-1-3-6(7)5-9;;/h1,3-4H;1H;/q-1;;+2/p-1. The van der Waals surface area contributed by atoms with Gasteiger partial charge in [0.25, 0.3) is 0 Å². The van der Waals surface area contributed by atoms with Crippen molar-refractivity contribution in [3.8, 4) is 6.07 Å². The molecular formula is C7H3FINZn. The first-order chi connectivity index (χ1) is 5.34. The Kier molecular flexibility index (Phi) is 6.68. The van der Waals surface area contributed by atoms with Gasteiger partial charge in [0.2, 0.25) is 0 Å². The van der Waals surface area contributed by atoms with Gasteiger partial charge in [-0.3, -0.25) is 4.39 Å². The van der Waals surface area contributed by atoms with Crippen LogP contribution in [0.2, 0.25) is 0 Å². The molecule has 1 rings (SSSR count). The molecule has 0 unspecified atom stereocenters. The van der Waals surface area contributed by atoms with Crippen molar-refractivity contribution in [3.05, 3.63) is 35.6 Å². The Labute approximate surface area is 85.5 Å². The molecule has 4 heteroatoms. The zero-order chi connectivity index (χ0) is 8.69. The molecule has 0 radical (unpaired) electrons. The molecule has 0 bridgehead atoms. The van der Waals surface area contributed by atoms with Gasteiger partial charge in [-0.15, -0.1) is 6.07 Å². The quantitative estimate of drug-likeness (QED) is 0.410. The summed E-state index contributed by atoms with van der Waals surface area (Å²) in [6, 6.07) is 8.23. The topological polar surface area (TPSA) is 23.8 Å². The molecule has 0 N–H and O–H groups in total. The van der Waals surface area contributed by atoms with Gasteiger partial charge in [-0.05, 0) is 5.56 Å². The average Bonchev–Trinajstić information content (AvgIpc) is 2.09. The monoisotopic (exact) mass is 311 g/mol. The van der Waals surface area contributed by atoms with Gasteiger partial charge < -0.3 is 0 Å². The average molecular weight is 312 g/mol. The maximum atomic E-state index is 12.3. The van der Waals surface area contributed by atoms with Crippen molar-refractivity contribution in [2.45, 2.75) is 0 Å². The molecule has 1 aromatic rings. The van der Waals surface area contributed by atoms with Crippen LogP contribution < -0.4 is 0 Å². The molecule has 0 aromatic heterocycles. The number of nitriles is 1. The minimum atomic E-state index is -0.514. The predicted octanol–water partition coefficient (Wildman–Crippen LogP) is 2.38. The van der Waals surface area contributed by atoms with Crippen LogP contribution in [0.25, 0.3) is 0 Å². The van der Waals surface area contributed by atoms with Gasteiger partial charge in [-0.1, -0.05) is 0 Å². The Morgan fingerprint density at radius 1 is 1.64 bits per heavy atom. The van der Waals surface area contributed by atoms with E-state index >= 15 is 0 Å². The van der Waals surface area contributed by atoms with E-state index in [0.717, 1.165) is 6.07 Å². The molecule has 0 aliphatic carbocycles. The van der Waals surface area contributed by atoms with Gasteiger partial charge in [0, 0.05) is 5.82 Å². The van der Waals surface area contributed by atoms with Gasteiger partial charge in [0.15, 0.2) is 0 Å². The van der Waals surface area contributed by atoms with Crippen molar-refractivity contribution in [1.29, 1.82) is 5.26 Å². The molecule has 0 atom stereocenters. The second kappa shape index (κ2) is 6.69. The molecule has 0 saturated carbocycles. The summed E-state index contributed by atoms with van der Waals surface area (Å²) in [6.07, 6.45) is 0. The van der Waals surface area contributed by atoms with E-state index in [9.17, 15) is 4.39 Å². The van der Waals surface area contributed by atoms with E-state index < -0.39 is 5.82 Å². The summed E-state index contributed by atoms with van der Waals surface area (Å²) in [6.45, 7) is 0. The molecule has 0 aliphatic heterocycles. The molecule has 0 spiro atoms. The predicted molar refractivity (Wildman–Crippen MR) is 44.0 cm³/mol. The van der Waals surface area contributed by atoms with Crippen LogP contribution in [0.1, 0.15) is 5.56 Å². The number of hydrogen-bond acceptors (Lipinski definition) is 1. The van der Waals surface area contributed by atoms with Gasteiger partial charge in [-0.25, -0.2) is 0 Å². The van der Waals surface area contributed by atoms with E-state index in [1.165, 1.54) is 26.9 Å². The Bertz CT molecular complexity index is 259. The molecule has 0 saturated heterocycles. The Morgan fingerprint density at radius 2 is 2.27 bits per heavy atom. The third-order valence-corrected chi connectivity index (χ3v) is 0.934. The van der Waals surface area contributed by atoms with Crippen molar-refractivity contribution >= 4 is 19.8 Å². The van der Waals surface area contributed by atoms with Crippen molar-refractivity contribution in [3.63, 3.8) is 0 Å². The third kappa shape index (κ3) is 3.78. The third-order valence-electron chi connectivity index (χ3n) is 0.934. The number of hydrogen-bond donors (Lipinski definition) is 0. The minimum absolute atomic E-state index is 0.0637. The van der Waals surface area contributed by atoms with Gasteiger partial charge in [-0.2, -0.15) is 23.5 Å². The second-order valence-electron chi connectivity index (χ2n) is 1.52. The normalized spacial score (nSPS) is 7.55. The van der Waals surface area contributed by atoms with Crippen molar-refractivity contribution in [1.82, 2.24) is 0 Å². The van der Waals surface area contributed by atoms with Gasteiger partial charge >= 0.3 is 34.5 Å². The Morgan fingerprint density at radius 3 is 2.64 bits per heavy atom. The molecule has 0 heterocycles. The van der Waals surface area contributed by atoms with Crippen LogP contribution >= 0.6 is 19.8 Å². The van der Waals surface area contributed by atoms with E-state index in [0.29, 0.717) is 0 Å². The SMILES string of the molecule is N#Cc1cc[c-]cc1F.[Zn+][I]. The van der Waals surface area contributed by atoms with Gasteiger partial charge in [0.05, 0.1) is 6.07 Å². The van der Waals surface area contributed by atoms with E-state index in [4.69, 9.17) is 5.26 Å². The molecule has 0 aliphatic rings. The summed E-state index contributed by atoms with van der Waals surface area (Å²) < 4.78 is 12.3. The van der Waals surface area contributed by atoms with E-state index in [1.54, 1.807) is 6.07 Å². The first-order valence-corrected chi connectivity index (χ1v) is 11.7. The zero-order valence-corrected chi connectivity index (χ0v) is 10.8. The van der Waals surface area contributed by atoms with Crippen molar-refractivity contribution < 1.29 is 19.2 Å². The summed E-state index contributed by atoms with van der Waals surface area (Å²) in [5.74, 6) is -0.514. The van der Waals surface area contributed by atoms with E-state index in [2.05, 4.69) is 25.8 Å². The maximum absolute atomic E-state index is 12.3. The first-order valence-electron chi connectivity index (χ1n) is 2.67. The number of rotatable bonds is 0. The van der Waals surface area contributed by atoms with Crippen molar-refractivity contribution in [2.24, 2.45) is 0 Å². The molecule has 52 valence electrons. The van der Waals surface area contributed by atoms with Crippen molar-refractivity contribution in [2.75, 3.05) is 0 Å². The van der Waals surface area contributed by atoms with E-state index in [-0.39, 0.29) is 5.56 Å².